The van der Waals surface area contributed by atoms with E-state index in [0.29, 0.717) is 5.56 Å². The van der Waals surface area contributed by atoms with Crippen LogP contribution in [0.2, 0.25) is 0 Å². The van der Waals surface area contributed by atoms with Crippen molar-refractivity contribution in [3.8, 4) is 11.8 Å². The number of hydrogen-bond donors (Lipinski definition) is 0. The highest BCUT2D eigenvalue weighted by molar-refractivity contribution is 5.34. The van der Waals surface area contributed by atoms with E-state index in [-0.39, 0.29) is 0 Å². The Bertz CT molecular complexity index is 485. The molecule has 21 heavy (non-hydrogen) atoms. The molecule has 0 bridgehead atoms. The molecule has 2 aliphatic rings. The van der Waals surface area contributed by atoms with Crippen LogP contribution in [-0.4, -0.2) is 30.6 Å². The van der Waals surface area contributed by atoms with Gasteiger partial charge in [-0.3, -0.25) is 4.90 Å². The van der Waals surface area contributed by atoms with Crippen molar-refractivity contribution in [1.29, 1.82) is 5.26 Å². The Hall–Kier alpha value is -1.53. The van der Waals surface area contributed by atoms with E-state index in [0.717, 1.165) is 30.9 Å². The molecule has 1 aromatic rings. The number of ether oxygens (including phenoxy) is 1. The lowest BCUT2D eigenvalue weighted by Crippen LogP contribution is -2.37. The zero-order valence-corrected chi connectivity index (χ0v) is 12.6. The minimum atomic E-state index is 0.684. The highest BCUT2D eigenvalue weighted by Gasteiger charge is 2.32. The molecule has 0 spiro atoms. The van der Waals surface area contributed by atoms with Crippen LogP contribution in [0.5, 0.6) is 5.75 Å². The van der Waals surface area contributed by atoms with Gasteiger partial charge in [-0.1, -0.05) is 12.8 Å². The predicted molar refractivity (Wildman–Crippen MR) is 83.2 cm³/mol. The van der Waals surface area contributed by atoms with Gasteiger partial charge in [0.2, 0.25) is 0 Å². The second kappa shape index (κ2) is 6.95. The summed E-state index contributed by atoms with van der Waals surface area (Å²) in [7, 11) is 0. The van der Waals surface area contributed by atoms with Crippen LogP contribution in [-0.2, 0) is 0 Å². The molecule has 1 unspecified atom stereocenters. The minimum Gasteiger partial charge on any atom is -0.492 e. The van der Waals surface area contributed by atoms with E-state index in [4.69, 9.17) is 10.00 Å². The van der Waals surface area contributed by atoms with Gasteiger partial charge in [-0.25, -0.2) is 0 Å². The summed E-state index contributed by atoms with van der Waals surface area (Å²) >= 11 is 0. The van der Waals surface area contributed by atoms with Gasteiger partial charge in [-0.15, -0.1) is 0 Å². The lowest BCUT2D eigenvalue weighted by Gasteiger charge is -2.29. The smallest absolute Gasteiger partial charge is 0.119 e. The first kappa shape index (κ1) is 14.4. The number of nitriles is 1. The highest BCUT2D eigenvalue weighted by atomic mass is 16.5. The molecule has 1 saturated carbocycles. The molecular formula is C18H24N2O. The van der Waals surface area contributed by atoms with E-state index in [2.05, 4.69) is 11.0 Å². The van der Waals surface area contributed by atoms with Crippen molar-refractivity contribution in [3.63, 3.8) is 0 Å². The Labute approximate surface area is 127 Å². The first-order valence-electron chi connectivity index (χ1n) is 8.24. The quantitative estimate of drug-likeness (QED) is 0.829. The SMILES string of the molecule is N#Cc1ccc(OCCN2CCCC2C2CCCC2)cc1. The maximum atomic E-state index is 8.78. The summed E-state index contributed by atoms with van der Waals surface area (Å²) in [5, 5.41) is 8.78. The third-order valence-electron chi connectivity index (χ3n) is 4.99. The normalized spacial score (nSPS) is 23.3. The monoisotopic (exact) mass is 284 g/mol. The molecular weight excluding hydrogens is 260 g/mol. The summed E-state index contributed by atoms with van der Waals surface area (Å²) < 4.78 is 5.83. The summed E-state index contributed by atoms with van der Waals surface area (Å²) in [5.41, 5.74) is 0.684. The molecule has 1 aliphatic heterocycles. The van der Waals surface area contributed by atoms with E-state index < -0.39 is 0 Å². The van der Waals surface area contributed by atoms with Gasteiger partial charge < -0.3 is 4.74 Å². The highest BCUT2D eigenvalue weighted by Crippen LogP contribution is 2.35. The summed E-state index contributed by atoms with van der Waals surface area (Å²) in [6.07, 6.45) is 8.43. The van der Waals surface area contributed by atoms with E-state index in [1.807, 2.05) is 24.3 Å². The van der Waals surface area contributed by atoms with Crippen molar-refractivity contribution in [3.05, 3.63) is 29.8 Å². The lowest BCUT2D eigenvalue weighted by atomic mass is 9.96. The Balaban J connectivity index is 1.46. The first-order chi connectivity index (χ1) is 10.4. The molecule has 1 aliphatic carbocycles. The van der Waals surface area contributed by atoms with Crippen LogP contribution in [0.3, 0.4) is 0 Å². The molecule has 2 fully saturated rings. The summed E-state index contributed by atoms with van der Waals surface area (Å²) in [6.45, 7) is 3.01. The predicted octanol–water partition coefficient (Wildman–Crippen LogP) is 3.59. The maximum Gasteiger partial charge on any atom is 0.119 e. The van der Waals surface area contributed by atoms with Crippen molar-refractivity contribution in [1.82, 2.24) is 4.90 Å². The van der Waals surface area contributed by atoms with Crippen molar-refractivity contribution in [2.75, 3.05) is 19.7 Å². The Morgan fingerprint density at radius 3 is 2.57 bits per heavy atom. The van der Waals surface area contributed by atoms with E-state index in [1.54, 1.807) is 0 Å². The van der Waals surface area contributed by atoms with Gasteiger partial charge in [0.25, 0.3) is 0 Å². The van der Waals surface area contributed by atoms with Crippen molar-refractivity contribution in [2.24, 2.45) is 5.92 Å². The zero-order valence-electron chi connectivity index (χ0n) is 12.6. The number of likely N-dealkylation sites (tertiary alicyclic amines) is 1. The third kappa shape index (κ3) is 3.57. The van der Waals surface area contributed by atoms with Gasteiger partial charge in [0.15, 0.2) is 0 Å². The molecule has 3 nitrogen and oxygen atoms in total. The average molecular weight is 284 g/mol. The fourth-order valence-electron chi connectivity index (χ4n) is 3.91. The van der Waals surface area contributed by atoms with Crippen molar-refractivity contribution in [2.45, 2.75) is 44.6 Å². The molecule has 0 aromatic heterocycles. The summed E-state index contributed by atoms with van der Waals surface area (Å²) in [6, 6.07) is 10.3. The van der Waals surface area contributed by atoms with Crippen LogP contribution < -0.4 is 4.74 Å². The van der Waals surface area contributed by atoms with Gasteiger partial charge in [-0.2, -0.15) is 5.26 Å². The maximum absolute atomic E-state index is 8.78. The molecule has 0 amide bonds. The van der Waals surface area contributed by atoms with Crippen LogP contribution in [0.15, 0.2) is 24.3 Å². The number of rotatable bonds is 5. The van der Waals surface area contributed by atoms with Crippen LogP contribution in [0.4, 0.5) is 0 Å². The number of hydrogen-bond acceptors (Lipinski definition) is 3. The zero-order chi connectivity index (χ0) is 14.5. The molecule has 0 N–H and O–H groups in total. The molecule has 3 rings (SSSR count). The first-order valence-corrected chi connectivity index (χ1v) is 8.24. The average Bonchev–Trinajstić information content (AvgIpc) is 3.18. The summed E-state index contributed by atoms with van der Waals surface area (Å²) in [5.74, 6) is 1.80. The van der Waals surface area contributed by atoms with Gasteiger partial charge >= 0.3 is 0 Å². The standard InChI is InChI=1S/C18H24N2O/c19-14-15-7-9-17(10-8-15)21-13-12-20-11-3-6-18(20)16-4-1-2-5-16/h7-10,16,18H,1-6,11-13H2. The van der Waals surface area contributed by atoms with E-state index in [9.17, 15) is 0 Å². The van der Waals surface area contributed by atoms with Crippen LogP contribution in [0.25, 0.3) is 0 Å². The van der Waals surface area contributed by atoms with E-state index in [1.165, 1.54) is 45.1 Å². The fourth-order valence-corrected chi connectivity index (χ4v) is 3.91. The largest absolute Gasteiger partial charge is 0.492 e. The fraction of sp³-hybridized carbons (Fsp3) is 0.611. The lowest BCUT2D eigenvalue weighted by molar-refractivity contribution is 0.158. The van der Waals surface area contributed by atoms with Gasteiger partial charge in [0, 0.05) is 12.6 Å². The Morgan fingerprint density at radius 2 is 1.86 bits per heavy atom. The topological polar surface area (TPSA) is 36.3 Å². The molecule has 1 aromatic carbocycles. The molecule has 1 heterocycles. The summed E-state index contributed by atoms with van der Waals surface area (Å²) in [4.78, 5) is 2.64. The minimum absolute atomic E-state index is 0.684. The Morgan fingerprint density at radius 1 is 1.10 bits per heavy atom. The number of nitrogens with zero attached hydrogens (tertiary/aromatic N) is 2. The second-order valence-electron chi connectivity index (χ2n) is 6.27. The van der Waals surface area contributed by atoms with Gasteiger partial charge in [0.1, 0.15) is 12.4 Å². The van der Waals surface area contributed by atoms with Crippen LogP contribution >= 0.6 is 0 Å². The molecule has 1 saturated heterocycles. The molecule has 0 radical (unpaired) electrons. The third-order valence-corrected chi connectivity index (χ3v) is 4.99. The van der Waals surface area contributed by atoms with Crippen LogP contribution in [0, 0.1) is 17.2 Å². The second-order valence-corrected chi connectivity index (χ2v) is 6.27. The van der Waals surface area contributed by atoms with Crippen molar-refractivity contribution >= 4 is 0 Å². The van der Waals surface area contributed by atoms with Gasteiger partial charge in [-0.05, 0) is 62.4 Å². The van der Waals surface area contributed by atoms with Gasteiger partial charge in [0.05, 0.1) is 11.6 Å². The molecule has 3 heteroatoms. The number of benzene rings is 1. The molecule has 112 valence electrons. The van der Waals surface area contributed by atoms with E-state index >= 15 is 0 Å². The van der Waals surface area contributed by atoms with Crippen LogP contribution in [0.1, 0.15) is 44.1 Å². The molecule has 1 atom stereocenters. The van der Waals surface area contributed by atoms with Crippen molar-refractivity contribution < 1.29 is 4.74 Å². The Kier molecular flexibility index (Phi) is 4.77.